The molecule has 0 spiro atoms. The second-order valence-corrected chi connectivity index (χ2v) is 5.98. The quantitative estimate of drug-likeness (QED) is 0.818. The van der Waals surface area contributed by atoms with E-state index < -0.39 is 5.97 Å². The van der Waals surface area contributed by atoms with Crippen LogP contribution in [0, 0.1) is 11.8 Å². The molecule has 2 saturated carbocycles. The van der Waals surface area contributed by atoms with Gasteiger partial charge >= 0.3 is 5.97 Å². The topological polar surface area (TPSA) is 66.8 Å². The number of morpholine rings is 1. The molecule has 3 rings (SSSR count). The molecular formula is C14H21NO4. The normalized spacial score (nSPS) is 38.2. The molecule has 2 aliphatic carbocycles. The SMILES string of the molecule is O=C(O)[C@H]1CC[C@@H](C(=O)N2CCOC3CCCC32)C1. The van der Waals surface area contributed by atoms with Gasteiger partial charge in [0.1, 0.15) is 0 Å². The van der Waals surface area contributed by atoms with E-state index in [9.17, 15) is 9.59 Å². The van der Waals surface area contributed by atoms with Gasteiger partial charge in [-0.05, 0) is 38.5 Å². The third kappa shape index (κ3) is 2.36. The molecule has 106 valence electrons. The van der Waals surface area contributed by atoms with E-state index in [1.54, 1.807) is 0 Å². The van der Waals surface area contributed by atoms with Gasteiger partial charge in [-0.1, -0.05) is 0 Å². The first-order chi connectivity index (χ1) is 9.16. The molecule has 0 aromatic carbocycles. The van der Waals surface area contributed by atoms with Crippen molar-refractivity contribution in [2.45, 2.75) is 50.7 Å². The zero-order valence-electron chi connectivity index (χ0n) is 11.1. The second kappa shape index (κ2) is 5.12. The summed E-state index contributed by atoms with van der Waals surface area (Å²) in [6.07, 6.45) is 5.32. The van der Waals surface area contributed by atoms with Crippen molar-refractivity contribution in [3.05, 3.63) is 0 Å². The van der Waals surface area contributed by atoms with E-state index in [0.717, 1.165) is 25.7 Å². The summed E-state index contributed by atoms with van der Waals surface area (Å²) in [6, 6.07) is 0.241. The maximum Gasteiger partial charge on any atom is 0.306 e. The van der Waals surface area contributed by atoms with Crippen molar-refractivity contribution in [2.24, 2.45) is 11.8 Å². The number of aliphatic carboxylic acids is 1. The minimum absolute atomic E-state index is 0.0829. The average molecular weight is 267 g/mol. The van der Waals surface area contributed by atoms with Crippen molar-refractivity contribution in [1.82, 2.24) is 4.90 Å². The Balaban J connectivity index is 1.65. The molecule has 1 heterocycles. The molecule has 0 bridgehead atoms. The number of carbonyl (C=O) groups is 2. The molecule has 5 heteroatoms. The van der Waals surface area contributed by atoms with Crippen molar-refractivity contribution < 1.29 is 19.4 Å². The van der Waals surface area contributed by atoms with Crippen molar-refractivity contribution in [3.8, 4) is 0 Å². The van der Waals surface area contributed by atoms with E-state index in [1.807, 2.05) is 4.90 Å². The highest BCUT2D eigenvalue weighted by Crippen LogP contribution is 2.36. The lowest BCUT2D eigenvalue weighted by atomic mass is 10.0. The van der Waals surface area contributed by atoms with Crippen LogP contribution in [0.2, 0.25) is 0 Å². The number of carbonyl (C=O) groups excluding carboxylic acids is 1. The molecule has 3 aliphatic rings. The third-order valence-electron chi connectivity index (χ3n) is 4.90. The summed E-state index contributed by atoms with van der Waals surface area (Å²) in [5, 5.41) is 9.03. The van der Waals surface area contributed by atoms with Gasteiger partial charge in [-0.25, -0.2) is 0 Å². The van der Waals surface area contributed by atoms with Gasteiger partial charge in [0, 0.05) is 12.5 Å². The van der Waals surface area contributed by atoms with Crippen LogP contribution in [0.5, 0.6) is 0 Å². The van der Waals surface area contributed by atoms with Crippen molar-refractivity contribution >= 4 is 11.9 Å². The summed E-state index contributed by atoms with van der Waals surface area (Å²) >= 11 is 0. The summed E-state index contributed by atoms with van der Waals surface area (Å²) < 4.78 is 5.72. The van der Waals surface area contributed by atoms with E-state index in [4.69, 9.17) is 9.84 Å². The molecular weight excluding hydrogens is 246 g/mol. The van der Waals surface area contributed by atoms with Crippen LogP contribution in [0.1, 0.15) is 38.5 Å². The van der Waals surface area contributed by atoms with Crippen LogP contribution in [-0.2, 0) is 14.3 Å². The summed E-state index contributed by atoms with van der Waals surface area (Å²) in [5.41, 5.74) is 0. The molecule has 2 unspecified atom stereocenters. The Morgan fingerprint density at radius 2 is 1.89 bits per heavy atom. The zero-order chi connectivity index (χ0) is 13.4. The van der Waals surface area contributed by atoms with Crippen LogP contribution in [0.3, 0.4) is 0 Å². The lowest BCUT2D eigenvalue weighted by Crippen LogP contribution is -2.52. The zero-order valence-corrected chi connectivity index (χ0v) is 11.1. The Bertz CT molecular complexity index is 384. The first-order valence-electron chi connectivity index (χ1n) is 7.31. The fourth-order valence-electron chi connectivity index (χ4n) is 3.86. The Morgan fingerprint density at radius 3 is 2.63 bits per heavy atom. The minimum atomic E-state index is -0.754. The Morgan fingerprint density at radius 1 is 1.11 bits per heavy atom. The Labute approximate surface area is 112 Å². The molecule has 1 N–H and O–H groups in total. The Kier molecular flexibility index (Phi) is 3.48. The number of hydrogen-bond donors (Lipinski definition) is 1. The number of carboxylic acids is 1. The molecule has 5 nitrogen and oxygen atoms in total. The highest BCUT2D eigenvalue weighted by molar-refractivity contribution is 5.81. The van der Waals surface area contributed by atoms with E-state index in [2.05, 4.69) is 0 Å². The summed E-state index contributed by atoms with van der Waals surface area (Å²) in [7, 11) is 0. The predicted octanol–water partition coefficient (Wildman–Crippen LogP) is 1.27. The number of amides is 1. The van der Waals surface area contributed by atoms with E-state index >= 15 is 0 Å². The number of fused-ring (bicyclic) bond motifs is 1. The monoisotopic (exact) mass is 267 g/mol. The van der Waals surface area contributed by atoms with Crippen LogP contribution < -0.4 is 0 Å². The van der Waals surface area contributed by atoms with Gasteiger partial charge in [0.05, 0.1) is 24.7 Å². The van der Waals surface area contributed by atoms with Crippen LogP contribution in [0.25, 0.3) is 0 Å². The maximum absolute atomic E-state index is 12.6. The predicted molar refractivity (Wildman–Crippen MR) is 67.6 cm³/mol. The second-order valence-electron chi connectivity index (χ2n) is 5.98. The van der Waals surface area contributed by atoms with Gasteiger partial charge in [-0.2, -0.15) is 0 Å². The van der Waals surface area contributed by atoms with Gasteiger partial charge in [0.25, 0.3) is 0 Å². The van der Waals surface area contributed by atoms with Crippen molar-refractivity contribution in [1.29, 1.82) is 0 Å². The van der Waals surface area contributed by atoms with Gasteiger partial charge in [-0.3, -0.25) is 9.59 Å². The van der Waals surface area contributed by atoms with Gasteiger partial charge < -0.3 is 14.7 Å². The van der Waals surface area contributed by atoms with Crippen LogP contribution in [0.4, 0.5) is 0 Å². The summed E-state index contributed by atoms with van der Waals surface area (Å²) in [4.78, 5) is 25.6. The van der Waals surface area contributed by atoms with E-state index in [0.29, 0.717) is 26.0 Å². The molecule has 0 aromatic heterocycles. The van der Waals surface area contributed by atoms with Crippen LogP contribution in [-0.4, -0.2) is 47.2 Å². The fraction of sp³-hybridized carbons (Fsp3) is 0.857. The molecule has 0 radical (unpaired) electrons. The number of rotatable bonds is 2. The first-order valence-corrected chi connectivity index (χ1v) is 7.31. The lowest BCUT2D eigenvalue weighted by Gasteiger charge is -2.39. The van der Waals surface area contributed by atoms with E-state index in [-0.39, 0.29) is 29.9 Å². The van der Waals surface area contributed by atoms with Crippen molar-refractivity contribution in [2.75, 3.05) is 13.2 Å². The number of hydrogen-bond acceptors (Lipinski definition) is 3. The maximum atomic E-state index is 12.6. The summed E-state index contributed by atoms with van der Waals surface area (Å²) in [5.74, 6) is -0.991. The molecule has 1 saturated heterocycles. The van der Waals surface area contributed by atoms with Crippen molar-refractivity contribution in [3.63, 3.8) is 0 Å². The molecule has 0 aromatic rings. The molecule has 1 amide bonds. The molecule has 3 fully saturated rings. The Hall–Kier alpha value is -1.10. The number of carboxylic acid groups (broad SMARTS) is 1. The molecule has 19 heavy (non-hydrogen) atoms. The minimum Gasteiger partial charge on any atom is -0.481 e. The standard InChI is InChI=1S/C14H21NO4/c16-13(9-4-5-10(8-9)14(17)18)15-6-7-19-12-3-1-2-11(12)15/h9-12H,1-8H2,(H,17,18)/t9-,10+,11?,12?/m1/s1. The third-order valence-corrected chi connectivity index (χ3v) is 4.90. The smallest absolute Gasteiger partial charge is 0.306 e. The highest BCUT2D eigenvalue weighted by atomic mass is 16.5. The van der Waals surface area contributed by atoms with Gasteiger partial charge in [0.15, 0.2) is 0 Å². The summed E-state index contributed by atoms with van der Waals surface area (Å²) in [6.45, 7) is 1.30. The molecule has 1 aliphatic heterocycles. The van der Waals surface area contributed by atoms with Crippen LogP contribution in [0.15, 0.2) is 0 Å². The van der Waals surface area contributed by atoms with E-state index in [1.165, 1.54) is 0 Å². The first kappa shape index (κ1) is 12.9. The number of nitrogens with zero attached hydrogens (tertiary/aromatic N) is 1. The highest BCUT2D eigenvalue weighted by Gasteiger charge is 2.42. The van der Waals surface area contributed by atoms with Crippen LogP contribution >= 0.6 is 0 Å². The average Bonchev–Trinajstić information content (AvgIpc) is 3.06. The largest absolute Gasteiger partial charge is 0.481 e. The van der Waals surface area contributed by atoms with Gasteiger partial charge in [0.2, 0.25) is 5.91 Å². The fourth-order valence-corrected chi connectivity index (χ4v) is 3.86. The molecule has 4 atom stereocenters. The number of ether oxygens (including phenoxy) is 1. The lowest BCUT2D eigenvalue weighted by molar-refractivity contribution is -0.148. The van der Waals surface area contributed by atoms with Gasteiger partial charge in [-0.15, -0.1) is 0 Å².